The molecule has 8 amide bonds. The number of halogens is 7. The number of methoxy groups -OCH3 is 2. The number of aryl methyl sites for hydroxylation is 2. The first-order valence-electron chi connectivity index (χ1n) is 38.4. The minimum atomic E-state index is -0.790. The molecule has 0 aliphatic carbocycles. The number of nitrogens with zero attached hydrogens (tertiary/aromatic N) is 8. The van der Waals surface area contributed by atoms with Gasteiger partial charge in [-0.3, -0.25) is 60.0 Å². The Kier molecular flexibility index (Phi) is 36.0. The summed E-state index contributed by atoms with van der Waals surface area (Å²) in [5.74, 6) is -3.07. The molecule has 0 aliphatic rings. The van der Waals surface area contributed by atoms with E-state index in [-0.39, 0.29) is 98.2 Å². The number of anilines is 8. The molecule has 670 valence electrons. The van der Waals surface area contributed by atoms with Gasteiger partial charge in [-0.15, -0.1) is 0 Å². The molecule has 0 unspecified atom stereocenters. The Bertz CT molecular complexity index is 6240. The van der Waals surface area contributed by atoms with Crippen molar-refractivity contribution in [3.63, 3.8) is 0 Å². The SMILES string of the molecule is C.COc1cc(Cl)cc(C(=O)Nc2ccc(Cl)cn2)c1NC(=O)c1ccc(C(=N)N(C)C)cc1.COc1ccc(NC(=O)c2ccc(C(=N)N(C)C)cc2F)c(C(=O)Nc2ccc(Cl)cn2)c1.Cc1ccc(NC(=O)c2ccc(C(=N)N(C)C)cc2)c(C(=O)Nc2ccc(Br)cn2)c1.Cc1ccc(NC(=O)c2ccc(C(=N)N(C)C)cc2F)c(C(=O)Nc2ccc(Cl)cn2)c1. The van der Waals surface area contributed by atoms with Crippen molar-refractivity contribution < 1.29 is 56.6 Å². The predicted molar refractivity (Wildman–Crippen MR) is 511 cm³/mol. The molecule has 0 saturated carbocycles. The monoisotopic (exact) mass is 1900 g/mol. The average molecular weight is 1910 g/mol. The van der Waals surface area contributed by atoms with Crippen LogP contribution in [0.5, 0.6) is 11.5 Å². The number of aromatic nitrogens is 4. The Morgan fingerprint density at radius 3 is 0.977 bits per heavy atom. The van der Waals surface area contributed by atoms with E-state index in [9.17, 15) is 47.1 Å². The fourth-order valence-corrected chi connectivity index (χ4v) is 12.3. The van der Waals surface area contributed by atoms with E-state index in [0.717, 1.165) is 27.7 Å². The first kappa shape index (κ1) is 101. The molecular formula is C93H89BrCl4F2N20O10. The first-order chi connectivity index (χ1) is 61.3. The zero-order valence-electron chi connectivity index (χ0n) is 71.2. The number of carbonyl (C=O) groups excluding carboxylic acids is 8. The van der Waals surface area contributed by atoms with Gasteiger partial charge in [0, 0.05) is 130 Å². The van der Waals surface area contributed by atoms with Crippen molar-refractivity contribution in [3.05, 3.63) is 339 Å². The van der Waals surface area contributed by atoms with Crippen LogP contribution in [0.4, 0.5) is 54.8 Å². The summed E-state index contributed by atoms with van der Waals surface area (Å²) in [7, 11) is 16.6. The summed E-state index contributed by atoms with van der Waals surface area (Å²) >= 11 is 26.9. The number of hydrogen-bond acceptors (Lipinski definition) is 18. The number of carbonyl (C=O) groups is 8. The molecule has 4 heterocycles. The lowest BCUT2D eigenvalue weighted by atomic mass is 10.1. The largest absolute Gasteiger partial charge is 0.497 e. The van der Waals surface area contributed by atoms with Crippen LogP contribution in [0.2, 0.25) is 20.1 Å². The highest BCUT2D eigenvalue weighted by Crippen LogP contribution is 2.35. The van der Waals surface area contributed by atoms with Crippen LogP contribution >= 0.6 is 62.3 Å². The number of benzene rings is 8. The zero-order chi connectivity index (χ0) is 94.2. The molecule has 12 N–H and O–H groups in total. The molecular weight excluding hydrogens is 1820 g/mol. The third kappa shape index (κ3) is 27.8. The maximum atomic E-state index is 14.6. The van der Waals surface area contributed by atoms with Crippen LogP contribution in [0.15, 0.2) is 229 Å². The van der Waals surface area contributed by atoms with Gasteiger partial charge >= 0.3 is 0 Å². The van der Waals surface area contributed by atoms with E-state index in [2.05, 4.69) is 78.4 Å². The highest BCUT2D eigenvalue weighted by molar-refractivity contribution is 9.10. The van der Waals surface area contributed by atoms with Crippen LogP contribution in [0.1, 0.15) is 124 Å². The molecule has 130 heavy (non-hydrogen) atoms. The van der Waals surface area contributed by atoms with Crippen LogP contribution in [-0.4, -0.2) is 181 Å². The van der Waals surface area contributed by atoms with Gasteiger partial charge in [-0.2, -0.15) is 0 Å². The number of ether oxygens (including phenoxy) is 2. The lowest BCUT2D eigenvalue weighted by Gasteiger charge is -2.16. The second-order valence-corrected chi connectivity index (χ2v) is 31.3. The van der Waals surface area contributed by atoms with E-state index in [4.69, 9.17) is 77.5 Å². The summed E-state index contributed by atoms with van der Waals surface area (Å²) in [4.78, 5) is 125. The summed E-state index contributed by atoms with van der Waals surface area (Å²) < 4.78 is 40.6. The van der Waals surface area contributed by atoms with Crippen molar-refractivity contribution in [2.45, 2.75) is 21.3 Å². The van der Waals surface area contributed by atoms with Gasteiger partial charge in [0.15, 0.2) is 0 Å². The van der Waals surface area contributed by atoms with Gasteiger partial charge in [0.1, 0.15) is 69.7 Å². The van der Waals surface area contributed by atoms with E-state index in [0.29, 0.717) is 88.8 Å². The first-order valence-corrected chi connectivity index (χ1v) is 40.7. The van der Waals surface area contributed by atoms with Gasteiger partial charge in [0.25, 0.3) is 47.3 Å². The summed E-state index contributed by atoms with van der Waals surface area (Å²) in [5.41, 5.74) is 5.70. The molecule has 0 saturated heterocycles. The van der Waals surface area contributed by atoms with Crippen molar-refractivity contribution in [3.8, 4) is 11.5 Å². The average Bonchev–Trinajstić information content (AvgIpc) is 0.832. The van der Waals surface area contributed by atoms with Crippen molar-refractivity contribution >= 4 is 179 Å². The minimum Gasteiger partial charge on any atom is -0.497 e. The van der Waals surface area contributed by atoms with Gasteiger partial charge in [-0.1, -0.05) is 113 Å². The van der Waals surface area contributed by atoms with E-state index >= 15 is 0 Å². The van der Waals surface area contributed by atoms with E-state index in [1.165, 1.54) is 97.2 Å². The lowest BCUT2D eigenvalue weighted by Crippen LogP contribution is -2.23. The van der Waals surface area contributed by atoms with Crippen molar-refractivity contribution in [1.29, 1.82) is 21.6 Å². The molecule has 12 aromatic rings. The maximum Gasteiger partial charge on any atom is 0.259 e. The summed E-state index contributed by atoms with van der Waals surface area (Å²) in [5, 5.41) is 54.8. The number of hydrogen-bond donors (Lipinski definition) is 12. The zero-order valence-corrected chi connectivity index (χ0v) is 75.8. The maximum absolute atomic E-state index is 14.6. The van der Waals surface area contributed by atoms with Gasteiger partial charge < -0.3 is 71.6 Å². The molecule has 0 radical (unpaired) electrons. The van der Waals surface area contributed by atoms with Gasteiger partial charge in [-0.05, 0) is 175 Å². The smallest absolute Gasteiger partial charge is 0.259 e. The van der Waals surface area contributed by atoms with Gasteiger partial charge in [-0.25, -0.2) is 28.7 Å². The second kappa shape index (κ2) is 46.5. The Hall–Kier alpha value is -14.9. The number of amides is 8. The molecule has 0 aliphatic heterocycles. The Morgan fingerprint density at radius 2 is 0.638 bits per heavy atom. The molecule has 8 aromatic carbocycles. The topological polar surface area (TPSA) is 411 Å². The molecule has 37 heteroatoms. The highest BCUT2D eigenvalue weighted by atomic mass is 79.9. The standard InChI is InChI=1S/C23H22BrN5O2.C23H21Cl2N5O3.C23H21ClFN5O3.C23H21ClFN5O2.CH4/c1-14-4-10-19(18(12-14)23(31)28-20-11-9-17(24)13-26-20)27-22(30)16-7-5-15(6-8-16)21(25)29(2)3;1-30(2)21(26)13-4-6-14(7-5-13)22(31)29-20-17(10-16(25)11-18(20)33-3)23(32)28-19-9-8-15(24)12-27-19;1-30(2)21(26)13-4-7-16(18(25)10-13)22(31)28-19-8-6-15(33-3)11-17(19)23(32)29-20-9-5-14(24)12-27-20;1-13-4-8-19(17(10-13)23(32)29-20-9-6-15(24)12-27-20)28-22(31)16-7-5-14(11-18(16)25)21(26)30(2)3;/h4-13,25H,1-3H3,(H,27,30)(H,26,28,31);4-12,26H,1-3H3,(H,29,31)(H,27,28,32);4-12,26H,1-3H3,(H,28,31)(H,27,29,32);4-12,26H,1-3H3,(H,28,31)(H,27,29,32);1H4. The Labute approximate surface area is 776 Å². The predicted octanol–water partition coefficient (Wildman–Crippen LogP) is 18.8. The third-order valence-electron chi connectivity index (χ3n) is 18.3. The van der Waals surface area contributed by atoms with E-state index < -0.39 is 47.1 Å². The quantitative estimate of drug-likeness (QED) is 0.0221. The van der Waals surface area contributed by atoms with Crippen LogP contribution < -0.4 is 52.0 Å². The molecule has 12 rings (SSSR count). The fourth-order valence-electron chi connectivity index (χ4n) is 11.5. The number of amidine groups is 4. The summed E-state index contributed by atoms with van der Waals surface area (Å²) in [6.45, 7) is 3.68. The third-order valence-corrected chi connectivity index (χ3v) is 19.7. The van der Waals surface area contributed by atoms with Gasteiger partial charge in [0.2, 0.25) is 0 Å². The Balaban J connectivity index is 0.000000213. The van der Waals surface area contributed by atoms with Crippen LogP contribution in [0.25, 0.3) is 0 Å². The van der Waals surface area contributed by atoms with Gasteiger partial charge in [0.05, 0.1) is 85.4 Å². The summed E-state index contributed by atoms with van der Waals surface area (Å²) in [6, 6.07) is 51.5. The normalized spacial score (nSPS) is 10.3. The fraction of sp³-hybridized carbons (Fsp3) is 0.140. The summed E-state index contributed by atoms with van der Waals surface area (Å²) in [6.07, 6.45) is 5.78. The van der Waals surface area contributed by atoms with E-state index in [1.54, 1.807) is 207 Å². The van der Waals surface area contributed by atoms with Crippen molar-refractivity contribution in [2.24, 2.45) is 0 Å². The van der Waals surface area contributed by atoms with Crippen LogP contribution in [-0.2, 0) is 0 Å². The Morgan fingerprint density at radius 1 is 0.323 bits per heavy atom. The van der Waals surface area contributed by atoms with Crippen molar-refractivity contribution in [1.82, 2.24) is 39.5 Å². The number of pyridine rings is 4. The lowest BCUT2D eigenvalue weighted by molar-refractivity contribution is 0.100. The molecule has 0 spiro atoms. The molecule has 0 bridgehead atoms. The number of rotatable bonds is 22. The second-order valence-electron chi connectivity index (χ2n) is 28.6. The minimum absolute atomic E-state index is 0. The number of nitrogens with one attached hydrogen (secondary N) is 12. The molecule has 4 aromatic heterocycles. The van der Waals surface area contributed by atoms with Crippen LogP contribution in [0, 0.1) is 47.1 Å². The van der Waals surface area contributed by atoms with Crippen LogP contribution in [0.3, 0.4) is 0 Å². The molecule has 0 fully saturated rings. The molecule has 30 nitrogen and oxygen atoms in total. The highest BCUT2D eigenvalue weighted by Gasteiger charge is 2.26. The van der Waals surface area contributed by atoms with Crippen molar-refractivity contribution in [2.75, 3.05) is 113 Å². The van der Waals surface area contributed by atoms with E-state index in [1.807, 2.05) is 13.0 Å². The molecule has 0 atom stereocenters.